The Kier molecular flexibility index (Phi) is 6.79. The fraction of sp³-hybridized carbons (Fsp3) is 0.192. The van der Waals surface area contributed by atoms with Crippen LogP contribution in [-0.2, 0) is 4.79 Å². The maximum absolute atomic E-state index is 15.1. The van der Waals surface area contributed by atoms with Crippen LogP contribution in [0.15, 0.2) is 60.0 Å². The van der Waals surface area contributed by atoms with Crippen molar-refractivity contribution in [3.63, 3.8) is 0 Å². The van der Waals surface area contributed by atoms with Crippen LogP contribution in [0.2, 0.25) is 0 Å². The van der Waals surface area contributed by atoms with E-state index in [-0.39, 0.29) is 39.9 Å². The molecule has 2 aromatic heterocycles. The average molecular weight is 519 g/mol. The number of amides is 1. The molecule has 0 atom stereocenters. The molecule has 0 radical (unpaired) electrons. The van der Waals surface area contributed by atoms with Crippen LogP contribution in [0, 0.1) is 11.6 Å². The Balaban J connectivity index is 1.43. The zero-order chi connectivity index (χ0) is 26.8. The minimum Gasteiger partial charge on any atom is -0.367 e. The number of fused-ring (bicyclic) bond motifs is 1. The number of rotatable bonds is 6. The highest BCUT2D eigenvalue weighted by Gasteiger charge is 2.18. The van der Waals surface area contributed by atoms with Gasteiger partial charge in [-0.2, -0.15) is 4.98 Å². The van der Waals surface area contributed by atoms with Crippen LogP contribution in [0.1, 0.15) is 0 Å². The first-order valence-corrected chi connectivity index (χ1v) is 11.8. The molecule has 0 spiro atoms. The molecule has 38 heavy (non-hydrogen) atoms. The summed E-state index contributed by atoms with van der Waals surface area (Å²) in [6, 6.07) is 9.07. The molecule has 1 aliphatic rings. The maximum atomic E-state index is 15.1. The van der Waals surface area contributed by atoms with Gasteiger partial charge in [0.05, 0.1) is 16.9 Å². The molecular formula is C26H24F2N8O2. The zero-order valence-electron chi connectivity index (χ0n) is 20.5. The first-order valence-electron chi connectivity index (χ1n) is 11.8. The Labute approximate surface area is 216 Å². The van der Waals surface area contributed by atoms with Gasteiger partial charge in [0.25, 0.3) is 5.56 Å². The lowest BCUT2D eigenvalue weighted by Gasteiger charge is -2.34. The molecule has 1 saturated heterocycles. The number of likely N-dealkylation sites (N-methyl/N-ethyl adjacent to an activating group) is 1. The second-order valence-electron chi connectivity index (χ2n) is 8.79. The van der Waals surface area contributed by atoms with Gasteiger partial charge >= 0.3 is 0 Å². The van der Waals surface area contributed by atoms with Crippen molar-refractivity contribution in [2.75, 3.05) is 48.8 Å². The van der Waals surface area contributed by atoms with Gasteiger partial charge in [0.1, 0.15) is 17.0 Å². The van der Waals surface area contributed by atoms with Crippen LogP contribution in [0.5, 0.6) is 0 Å². The molecule has 0 aliphatic carbocycles. The van der Waals surface area contributed by atoms with E-state index >= 15 is 4.39 Å². The molecule has 3 heterocycles. The molecular weight excluding hydrogens is 494 g/mol. The first-order chi connectivity index (χ1) is 18.3. The van der Waals surface area contributed by atoms with E-state index in [9.17, 15) is 14.0 Å². The van der Waals surface area contributed by atoms with Gasteiger partial charge in [-0.05, 0) is 43.5 Å². The summed E-state index contributed by atoms with van der Waals surface area (Å²) in [5.41, 5.74) is 0.244. The highest BCUT2D eigenvalue weighted by atomic mass is 19.1. The lowest BCUT2D eigenvalue weighted by molar-refractivity contribution is -0.111. The Morgan fingerprint density at radius 3 is 2.66 bits per heavy atom. The predicted octanol–water partition coefficient (Wildman–Crippen LogP) is 3.28. The Morgan fingerprint density at radius 2 is 1.92 bits per heavy atom. The third-order valence-electron chi connectivity index (χ3n) is 6.21. The second kappa shape index (κ2) is 10.3. The van der Waals surface area contributed by atoms with Crippen LogP contribution in [-0.4, -0.2) is 64.0 Å². The number of hydrogen-bond acceptors (Lipinski definition) is 8. The Bertz CT molecular complexity index is 1600. The SMILES string of the molecule is C=CC(=O)Nc1cccc(-c2nc3nc(Nc4ccc(N5CCN(C)CC5)c(F)c4)ncc3c(=O)[nH]2)c1F. The zero-order valence-corrected chi connectivity index (χ0v) is 20.5. The fourth-order valence-corrected chi connectivity index (χ4v) is 4.13. The summed E-state index contributed by atoms with van der Waals surface area (Å²) in [6.07, 6.45) is 2.30. The highest BCUT2D eigenvalue weighted by Crippen LogP contribution is 2.27. The van der Waals surface area contributed by atoms with Crippen molar-refractivity contribution < 1.29 is 13.6 Å². The van der Waals surface area contributed by atoms with Crippen molar-refractivity contribution in [1.82, 2.24) is 24.8 Å². The smallest absolute Gasteiger partial charge is 0.262 e. The van der Waals surface area contributed by atoms with Crippen LogP contribution in [0.3, 0.4) is 0 Å². The number of halogens is 2. The Hall–Kier alpha value is -4.71. The number of hydrogen-bond donors (Lipinski definition) is 3. The topological polar surface area (TPSA) is 119 Å². The van der Waals surface area contributed by atoms with E-state index in [1.54, 1.807) is 12.1 Å². The number of benzene rings is 2. The van der Waals surface area contributed by atoms with Crippen molar-refractivity contribution in [1.29, 1.82) is 0 Å². The van der Waals surface area contributed by atoms with Gasteiger partial charge in [-0.3, -0.25) is 9.59 Å². The van der Waals surface area contributed by atoms with Gasteiger partial charge in [-0.25, -0.2) is 18.7 Å². The molecule has 3 N–H and O–H groups in total. The quantitative estimate of drug-likeness (QED) is 0.333. The molecule has 5 rings (SSSR count). The van der Waals surface area contributed by atoms with E-state index in [0.717, 1.165) is 32.3 Å². The van der Waals surface area contributed by atoms with E-state index in [1.165, 1.54) is 30.5 Å². The lowest BCUT2D eigenvalue weighted by atomic mass is 10.1. The number of piperazine rings is 1. The third kappa shape index (κ3) is 5.06. The summed E-state index contributed by atoms with van der Waals surface area (Å²) in [7, 11) is 2.03. The average Bonchev–Trinajstić information content (AvgIpc) is 2.90. The lowest BCUT2D eigenvalue weighted by Crippen LogP contribution is -2.44. The largest absolute Gasteiger partial charge is 0.367 e. The molecule has 4 aromatic rings. The fourth-order valence-electron chi connectivity index (χ4n) is 4.13. The summed E-state index contributed by atoms with van der Waals surface area (Å²) < 4.78 is 30.0. The van der Waals surface area contributed by atoms with E-state index < -0.39 is 17.3 Å². The summed E-state index contributed by atoms with van der Waals surface area (Å²) in [6.45, 7) is 6.53. The number of anilines is 4. The molecule has 0 unspecified atom stereocenters. The molecule has 194 valence electrons. The van der Waals surface area contributed by atoms with E-state index in [1.807, 2.05) is 11.9 Å². The summed E-state index contributed by atoms with van der Waals surface area (Å²) >= 11 is 0. The number of nitrogens with zero attached hydrogens (tertiary/aromatic N) is 5. The number of H-pyrrole nitrogens is 1. The van der Waals surface area contributed by atoms with Gasteiger partial charge in [0.15, 0.2) is 11.5 Å². The molecule has 2 aromatic carbocycles. The number of aromatic amines is 1. The van der Waals surface area contributed by atoms with Crippen molar-refractivity contribution in [3.8, 4) is 11.4 Å². The minimum atomic E-state index is -0.784. The van der Waals surface area contributed by atoms with Gasteiger partial charge in [-0.1, -0.05) is 12.6 Å². The predicted molar refractivity (Wildman–Crippen MR) is 142 cm³/mol. The van der Waals surface area contributed by atoms with Crippen molar-refractivity contribution in [3.05, 3.63) is 77.2 Å². The van der Waals surface area contributed by atoms with Crippen molar-refractivity contribution >= 4 is 40.0 Å². The van der Waals surface area contributed by atoms with Crippen LogP contribution in [0.4, 0.5) is 31.8 Å². The molecule has 1 amide bonds. The normalized spacial score (nSPS) is 13.9. The summed E-state index contributed by atoms with van der Waals surface area (Å²) in [4.78, 5) is 43.7. The summed E-state index contributed by atoms with van der Waals surface area (Å²) in [5, 5.41) is 5.39. The van der Waals surface area contributed by atoms with Crippen LogP contribution < -0.4 is 21.1 Å². The maximum Gasteiger partial charge on any atom is 0.262 e. The molecule has 1 fully saturated rings. The van der Waals surface area contributed by atoms with Gasteiger partial charge in [0, 0.05) is 38.1 Å². The number of aromatic nitrogens is 4. The molecule has 12 heteroatoms. The van der Waals surface area contributed by atoms with Gasteiger partial charge in [0.2, 0.25) is 11.9 Å². The number of carbonyl (C=O) groups is 1. The second-order valence-corrected chi connectivity index (χ2v) is 8.79. The van der Waals surface area contributed by atoms with Gasteiger partial charge in [-0.15, -0.1) is 0 Å². The van der Waals surface area contributed by atoms with E-state index in [0.29, 0.717) is 11.4 Å². The highest BCUT2D eigenvalue weighted by molar-refractivity contribution is 5.99. The standard InChI is InChI=1S/C26H24F2N8O2/c1-3-21(37)31-19-6-4-5-16(22(19)28)23-32-24-17(25(38)33-23)14-29-26(34-24)30-15-7-8-20(18(27)13-15)36-11-9-35(2)10-12-36/h3-8,13-14H,1,9-12H2,2H3,(H,31,37)(H2,29,30,32,33,34,38). The molecule has 0 saturated carbocycles. The van der Waals surface area contributed by atoms with Crippen LogP contribution >= 0.6 is 0 Å². The van der Waals surface area contributed by atoms with Crippen molar-refractivity contribution in [2.45, 2.75) is 0 Å². The molecule has 10 nitrogen and oxygen atoms in total. The van der Waals surface area contributed by atoms with Crippen molar-refractivity contribution in [2.24, 2.45) is 0 Å². The molecule has 0 bridgehead atoms. The number of nitrogens with one attached hydrogen (secondary N) is 3. The first kappa shape index (κ1) is 25.0. The Morgan fingerprint density at radius 1 is 1.13 bits per heavy atom. The monoisotopic (exact) mass is 518 g/mol. The number of carbonyl (C=O) groups excluding carboxylic acids is 1. The van der Waals surface area contributed by atoms with Gasteiger partial charge < -0.3 is 25.4 Å². The van der Waals surface area contributed by atoms with E-state index in [4.69, 9.17) is 0 Å². The summed E-state index contributed by atoms with van der Waals surface area (Å²) in [5.74, 6) is -1.75. The third-order valence-corrected chi connectivity index (χ3v) is 6.21. The van der Waals surface area contributed by atoms with E-state index in [2.05, 4.69) is 42.0 Å². The molecule has 1 aliphatic heterocycles. The minimum absolute atomic E-state index is 0.00992. The van der Waals surface area contributed by atoms with Crippen LogP contribution in [0.25, 0.3) is 22.4 Å².